The van der Waals surface area contributed by atoms with Crippen LogP contribution in [0.25, 0.3) is 0 Å². The highest BCUT2D eigenvalue weighted by Crippen LogP contribution is 2.32. The van der Waals surface area contributed by atoms with Crippen LogP contribution in [-0.4, -0.2) is 37.5 Å². The van der Waals surface area contributed by atoms with E-state index in [1.165, 1.54) is 6.07 Å². The maximum atomic E-state index is 11.3. The van der Waals surface area contributed by atoms with Gasteiger partial charge in [-0.3, -0.25) is 14.9 Å². The highest BCUT2D eigenvalue weighted by molar-refractivity contribution is 5.79. The summed E-state index contributed by atoms with van der Waals surface area (Å²) < 4.78 is 11.5. The lowest BCUT2D eigenvalue weighted by Gasteiger charge is -2.30. The third kappa shape index (κ3) is 3.15. The van der Waals surface area contributed by atoms with Crippen molar-refractivity contribution in [2.75, 3.05) is 25.1 Å². The van der Waals surface area contributed by atoms with Crippen molar-refractivity contribution in [3.8, 4) is 11.5 Å². The topological polar surface area (TPSA) is 81.9 Å². The van der Waals surface area contributed by atoms with Gasteiger partial charge in [0.1, 0.15) is 18.6 Å². The van der Waals surface area contributed by atoms with Gasteiger partial charge in [0.15, 0.2) is 17.6 Å². The maximum absolute atomic E-state index is 11.3. The molecule has 24 heavy (non-hydrogen) atoms. The minimum absolute atomic E-state index is 0.112. The standard InChI is InChI=1S/C17H16N2O5/c1-18(14-7-6-12(10-20)8-15(14)19(21)22)9-13-11-23-16-4-2-3-5-17(16)24-13/h2-8,10,13H,9,11H2,1H3/t13-/m1/s1. The van der Waals surface area contributed by atoms with Gasteiger partial charge in [0.05, 0.1) is 11.5 Å². The van der Waals surface area contributed by atoms with Crippen molar-refractivity contribution in [3.05, 3.63) is 58.1 Å². The summed E-state index contributed by atoms with van der Waals surface area (Å²) in [5, 5.41) is 11.3. The minimum atomic E-state index is -0.494. The van der Waals surface area contributed by atoms with Crippen LogP contribution in [0.4, 0.5) is 11.4 Å². The van der Waals surface area contributed by atoms with Crippen molar-refractivity contribution in [2.24, 2.45) is 0 Å². The summed E-state index contributed by atoms with van der Waals surface area (Å²) in [7, 11) is 1.74. The van der Waals surface area contributed by atoms with E-state index in [9.17, 15) is 14.9 Å². The van der Waals surface area contributed by atoms with Crippen LogP contribution in [0.15, 0.2) is 42.5 Å². The number of para-hydroxylation sites is 2. The Morgan fingerprint density at radius 3 is 2.75 bits per heavy atom. The number of carbonyl (C=O) groups is 1. The third-order valence-electron chi connectivity index (χ3n) is 3.79. The van der Waals surface area contributed by atoms with Crippen molar-refractivity contribution < 1.29 is 19.2 Å². The molecule has 1 atom stereocenters. The molecule has 0 spiro atoms. The number of nitro groups is 1. The summed E-state index contributed by atoms with van der Waals surface area (Å²) in [6, 6.07) is 11.8. The number of benzene rings is 2. The first kappa shape index (κ1) is 15.8. The van der Waals surface area contributed by atoms with Gasteiger partial charge in [-0.15, -0.1) is 0 Å². The summed E-state index contributed by atoms with van der Waals surface area (Å²) in [6.07, 6.45) is 0.335. The van der Waals surface area contributed by atoms with Crippen molar-refractivity contribution >= 4 is 17.7 Å². The lowest BCUT2D eigenvalue weighted by atomic mass is 10.1. The van der Waals surface area contributed by atoms with Gasteiger partial charge in [0.2, 0.25) is 0 Å². The predicted octanol–water partition coefficient (Wildman–Crippen LogP) is 2.68. The number of likely N-dealkylation sites (N-methyl/N-ethyl adjacent to an activating group) is 1. The Balaban J connectivity index is 1.77. The highest BCUT2D eigenvalue weighted by Gasteiger charge is 2.25. The maximum Gasteiger partial charge on any atom is 0.293 e. The summed E-state index contributed by atoms with van der Waals surface area (Å²) in [5.74, 6) is 1.35. The first-order chi connectivity index (χ1) is 11.6. The van der Waals surface area contributed by atoms with Gasteiger partial charge in [-0.2, -0.15) is 0 Å². The highest BCUT2D eigenvalue weighted by atomic mass is 16.6. The average molecular weight is 328 g/mol. The molecule has 0 saturated heterocycles. The molecule has 7 heteroatoms. The van der Waals surface area contributed by atoms with Gasteiger partial charge in [0.25, 0.3) is 5.69 Å². The van der Waals surface area contributed by atoms with Gasteiger partial charge in [0, 0.05) is 18.7 Å². The van der Waals surface area contributed by atoms with Crippen LogP contribution in [-0.2, 0) is 0 Å². The van der Waals surface area contributed by atoms with Crippen molar-refractivity contribution in [2.45, 2.75) is 6.10 Å². The number of ether oxygens (including phenoxy) is 2. The minimum Gasteiger partial charge on any atom is -0.486 e. The van der Waals surface area contributed by atoms with Crippen LogP contribution in [0.1, 0.15) is 10.4 Å². The zero-order valence-electron chi connectivity index (χ0n) is 13.0. The smallest absolute Gasteiger partial charge is 0.293 e. The first-order valence-electron chi connectivity index (χ1n) is 7.41. The predicted molar refractivity (Wildman–Crippen MR) is 88.1 cm³/mol. The van der Waals surface area contributed by atoms with Crippen LogP contribution in [0.2, 0.25) is 0 Å². The Morgan fingerprint density at radius 2 is 2.04 bits per heavy atom. The molecular weight excluding hydrogens is 312 g/mol. The molecule has 0 aromatic heterocycles. The second kappa shape index (κ2) is 6.57. The summed E-state index contributed by atoms with van der Waals surface area (Å²) >= 11 is 0. The molecule has 0 N–H and O–H groups in total. The number of nitrogens with zero attached hydrogens (tertiary/aromatic N) is 2. The number of fused-ring (bicyclic) bond motifs is 1. The molecule has 0 amide bonds. The molecule has 2 aromatic rings. The van der Waals surface area contributed by atoms with Crippen LogP contribution in [0.5, 0.6) is 11.5 Å². The number of hydrogen-bond acceptors (Lipinski definition) is 6. The lowest BCUT2D eigenvalue weighted by molar-refractivity contribution is -0.384. The quantitative estimate of drug-likeness (QED) is 0.477. The number of anilines is 1. The number of aldehydes is 1. The summed E-state index contributed by atoms with van der Waals surface area (Å²) in [4.78, 5) is 23.3. The van der Waals surface area contributed by atoms with Gasteiger partial charge in [-0.1, -0.05) is 12.1 Å². The molecule has 2 aromatic carbocycles. The van der Waals surface area contributed by atoms with E-state index in [0.717, 1.165) is 0 Å². The monoisotopic (exact) mass is 328 g/mol. The third-order valence-corrected chi connectivity index (χ3v) is 3.79. The zero-order valence-corrected chi connectivity index (χ0v) is 13.0. The van der Waals surface area contributed by atoms with Gasteiger partial charge >= 0.3 is 0 Å². The van der Waals surface area contributed by atoms with Crippen LogP contribution < -0.4 is 14.4 Å². The largest absolute Gasteiger partial charge is 0.486 e. The molecule has 7 nitrogen and oxygen atoms in total. The van der Waals surface area contributed by atoms with Crippen molar-refractivity contribution in [1.29, 1.82) is 0 Å². The normalized spacial score (nSPS) is 15.6. The van der Waals surface area contributed by atoms with E-state index < -0.39 is 4.92 Å². The second-order valence-corrected chi connectivity index (χ2v) is 5.50. The number of carbonyl (C=O) groups excluding carboxylic acids is 1. The van der Waals surface area contributed by atoms with E-state index in [2.05, 4.69) is 0 Å². The van der Waals surface area contributed by atoms with Gasteiger partial charge in [-0.05, 0) is 24.3 Å². The van der Waals surface area contributed by atoms with Crippen LogP contribution in [0, 0.1) is 10.1 Å². The molecule has 0 fully saturated rings. The molecule has 0 aliphatic carbocycles. The number of rotatable bonds is 5. The van der Waals surface area contributed by atoms with E-state index in [1.54, 1.807) is 24.1 Å². The molecule has 0 saturated carbocycles. The summed E-state index contributed by atoms with van der Waals surface area (Å²) in [5.41, 5.74) is 0.581. The molecule has 3 rings (SSSR count). The molecular formula is C17H16N2O5. The van der Waals surface area contributed by atoms with E-state index in [1.807, 2.05) is 24.3 Å². The molecule has 0 bridgehead atoms. The average Bonchev–Trinajstić information content (AvgIpc) is 2.61. The lowest BCUT2D eigenvalue weighted by Crippen LogP contribution is -2.39. The van der Waals surface area contributed by atoms with Crippen LogP contribution >= 0.6 is 0 Å². The number of nitro benzene ring substituents is 1. The van der Waals surface area contributed by atoms with E-state index in [0.29, 0.717) is 36.6 Å². The fourth-order valence-electron chi connectivity index (χ4n) is 2.64. The molecule has 1 heterocycles. The Bertz CT molecular complexity index is 777. The molecule has 0 radical (unpaired) electrons. The molecule has 1 aliphatic rings. The fraction of sp³-hybridized carbons (Fsp3) is 0.235. The molecule has 0 unspecified atom stereocenters. The van der Waals surface area contributed by atoms with E-state index >= 15 is 0 Å². The SMILES string of the molecule is CN(C[C@@H]1COc2ccccc2O1)c1ccc(C=O)cc1[N+](=O)[O-]. The Labute approximate surface area is 138 Å². The van der Waals surface area contributed by atoms with Crippen molar-refractivity contribution in [3.63, 3.8) is 0 Å². The zero-order chi connectivity index (χ0) is 17.1. The molecule has 1 aliphatic heterocycles. The Kier molecular flexibility index (Phi) is 4.33. The Hall–Kier alpha value is -3.09. The van der Waals surface area contributed by atoms with E-state index in [-0.39, 0.29) is 17.4 Å². The van der Waals surface area contributed by atoms with E-state index in [4.69, 9.17) is 9.47 Å². The molecule has 124 valence electrons. The van der Waals surface area contributed by atoms with Gasteiger partial charge < -0.3 is 14.4 Å². The van der Waals surface area contributed by atoms with Crippen LogP contribution in [0.3, 0.4) is 0 Å². The number of hydrogen-bond donors (Lipinski definition) is 0. The summed E-state index contributed by atoms with van der Waals surface area (Å²) in [6.45, 7) is 0.775. The van der Waals surface area contributed by atoms with Gasteiger partial charge in [-0.25, -0.2) is 0 Å². The first-order valence-corrected chi connectivity index (χ1v) is 7.41. The fourth-order valence-corrected chi connectivity index (χ4v) is 2.64. The Morgan fingerprint density at radius 1 is 1.29 bits per heavy atom. The van der Waals surface area contributed by atoms with Crippen molar-refractivity contribution in [1.82, 2.24) is 0 Å². The second-order valence-electron chi connectivity index (χ2n) is 5.50.